The minimum absolute atomic E-state index is 0.687. The van der Waals surface area contributed by atoms with Gasteiger partial charge in [-0.1, -0.05) is 32.0 Å². The molecule has 2 N–H and O–H groups in total. The van der Waals surface area contributed by atoms with Crippen LogP contribution in [0, 0.1) is 11.8 Å². The monoisotopic (exact) mass is 249 g/mol. The van der Waals surface area contributed by atoms with Crippen molar-refractivity contribution < 1.29 is 0 Å². The van der Waals surface area contributed by atoms with Gasteiger partial charge in [0.05, 0.1) is 0 Å². The molecule has 2 unspecified atom stereocenters. The van der Waals surface area contributed by atoms with E-state index in [0.29, 0.717) is 5.92 Å². The van der Waals surface area contributed by atoms with E-state index in [1.165, 1.54) is 23.5 Å². The lowest BCUT2D eigenvalue weighted by Gasteiger charge is -2.21. The van der Waals surface area contributed by atoms with Gasteiger partial charge in [0.2, 0.25) is 0 Å². The molecule has 0 spiro atoms. The summed E-state index contributed by atoms with van der Waals surface area (Å²) in [6.45, 7) is 5.42. The van der Waals surface area contributed by atoms with Crippen molar-refractivity contribution in [2.75, 3.05) is 12.3 Å². The van der Waals surface area contributed by atoms with Gasteiger partial charge in [-0.15, -0.1) is 11.8 Å². The van der Waals surface area contributed by atoms with E-state index < -0.39 is 0 Å². The number of fused-ring (bicyclic) bond motifs is 1. The van der Waals surface area contributed by atoms with Crippen LogP contribution in [0.15, 0.2) is 29.2 Å². The van der Waals surface area contributed by atoms with E-state index in [0.717, 1.165) is 18.4 Å². The molecule has 2 atom stereocenters. The first-order valence-electron chi connectivity index (χ1n) is 6.62. The Hall–Kier alpha value is -0.470. The van der Waals surface area contributed by atoms with Crippen LogP contribution in [0.4, 0.5) is 0 Å². The average Bonchev–Trinajstić information content (AvgIpc) is 2.71. The second-order valence-electron chi connectivity index (χ2n) is 5.51. The van der Waals surface area contributed by atoms with Crippen molar-refractivity contribution in [3.8, 4) is 0 Å². The molecule has 0 bridgehead atoms. The highest BCUT2D eigenvalue weighted by atomic mass is 32.2. The largest absolute Gasteiger partial charge is 0.330 e. The standard InChI is InChI=1S/C15H23NS/c1-11(2)7-12(9-16)8-13-10-17-15-6-4-3-5-14(13)15/h3-6,11-13H,7-10,16H2,1-2H3. The molecule has 94 valence electrons. The van der Waals surface area contributed by atoms with Crippen molar-refractivity contribution >= 4 is 11.8 Å². The number of hydrogen-bond donors (Lipinski definition) is 1. The fourth-order valence-electron chi connectivity index (χ4n) is 2.78. The highest BCUT2D eigenvalue weighted by molar-refractivity contribution is 7.99. The van der Waals surface area contributed by atoms with Gasteiger partial charge in [0.15, 0.2) is 0 Å². The van der Waals surface area contributed by atoms with Crippen LogP contribution in [0.2, 0.25) is 0 Å². The summed E-state index contributed by atoms with van der Waals surface area (Å²) in [5.74, 6) is 3.41. The molecule has 17 heavy (non-hydrogen) atoms. The van der Waals surface area contributed by atoms with Crippen LogP contribution in [0.1, 0.15) is 38.2 Å². The number of rotatable bonds is 5. The lowest BCUT2D eigenvalue weighted by Crippen LogP contribution is -2.19. The van der Waals surface area contributed by atoms with Crippen LogP contribution in [-0.4, -0.2) is 12.3 Å². The Bertz CT molecular complexity index is 362. The number of nitrogens with two attached hydrogens (primary N) is 1. The Morgan fingerprint density at radius 3 is 2.82 bits per heavy atom. The van der Waals surface area contributed by atoms with Gasteiger partial charge < -0.3 is 5.73 Å². The molecule has 0 radical (unpaired) electrons. The third-order valence-electron chi connectivity index (χ3n) is 3.55. The highest BCUT2D eigenvalue weighted by Crippen LogP contribution is 2.42. The van der Waals surface area contributed by atoms with Gasteiger partial charge in [-0.25, -0.2) is 0 Å². The molecule has 1 aliphatic rings. The predicted molar refractivity (Wildman–Crippen MR) is 76.5 cm³/mol. The van der Waals surface area contributed by atoms with Gasteiger partial charge in [-0.2, -0.15) is 0 Å². The van der Waals surface area contributed by atoms with E-state index in [2.05, 4.69) is 38.1 Å². The molecule has 1 aromatic carbocycles. The quantitative estimate of drug-likeness (QED) is 0.857. The first-order valence-corrected chi connectivity index (χ1v) is 7.61. The lowest BCUT2D eigenvalue weighted by molar-refractivity contribution is 0.375. The van der Waals surface area contributed by atoms with E-state index in [1.54, 1.807) is 5.56 Å². The highest BCUT2D eigenvalue weighted by Gasteiger charge is 2.25. The lowest BCUT2D eigenvalue weighted by atomic mass is 9.86. The first kappa shape index (κ1) is 13.0. The molecular formula is C15H23NS. The molecule has 0 aliphatic carbocycles. The Labute approximate surface area is 109 Å². The summed E-state index contributed by atoms with van der Waals surface area (Å²) in [7, 11) is 0. The van der Waals surface area contributed by atoms with E-state index in [4.69, 9.17) is 5.73 Å². The van der Waals surface area contributed by atoms with Crippen LogP contribution in [0.3, 0.4) is 0 Å². The number of benzene rings is 1. The normalized spacial score (nSPS) is 20.6. The molecule has 0 aromatic heterocycles. The van der Waals surface area contributed by atoms with Crippen LogP contribution in [-0.2, 0) is 0 Å². The molecule has 1 heterocycles. The molecule has 1 aromatic rings. The molecule has 0 fully saturated rings. The van der Waals surface area contributed by atoms with Crippen LogP contribution >= 0.6 is 11.8 Å². The summed E-state index contributed by atoms with van der Waals surface area (Å²) in [5.41, 5.74) is 7.47. The van der Waals surface area contributed by atoms with E-state index >= 15 is 0 Å². The minimum atomic E-state index is 0.687. The molecule has 1 nitrogen and oxygen atoms in total. The molecule has 0 saturated heterocycles. The van der Waals surface area contributed by atoms with Gasteiger partial charge in [-0.05, 0) is 48.8 Å². The summed E-state index contributed by atoms with van der Waals surface area (Å²) in [6, 6.07) is 8.85. The number of hydrogen-bond acceptors (Lipinski definition) is 2. The molecule has 2 heteroatoms. The molecule has 2 rings (SSSR count). The zero-order valence-electron chi connectivity index (χ0n) is 10.9. The van der Waals surface area contributed by atoms with E-state index in [9.17, 15) is 0 Å². The molecule has 0 saturated carbocycles. The maximum atomic E-state index is 5.91. The Kier molecular flexibility index (Phi) is 4.52. The Morgan fingerprint density at radius 2 is 2.12 bits per heavy atom. The Balaban J connectivity index is 2.00. The molecule has 1 aliphatic heterocycles. The number of thioether (sulfide) groups is 1. The smallest absolute Gasteiger partial charge is 0.0107 e. The summed E-state index contributed by atoms with van der Waals surface area (Å²) in [5, 5.41) is 0. The molecule has 0 amide bonds. The predicted octanol–water partition coefficient (Wildman–Crippen LogP) is 3.89. The molecular weight excluding hydrogens is 226 g/mol. The topological polar surface area (TPSA) is 26.0 Å². The first-order chi connectivity index (χ1) is 8.20. The van der Waals surface area contributed by atoms with Crippen molar-refractivity contribution in [1.82, 2.24) is 0 Å². The summed E-state index contributed by atoms with van der Waals surface area (Å²) in [6.07, 6.45) is 2.53. The third-order valence-corrected chi connectivity index (χ3v) is 4.81. The second-order valence-corrected chi connectivity index (χ2v) is 6.57. The zero-order chi connectivity index (χ0) is 12.3. The van der Waals surface area contributed by atoms with Crippen molar-refractivity contribution in [2.45, 2.75) is 37.5 Å². The van der Waals surface area contributed by atoms with E-state index in [1.807, 2.05) is 11.8 Å². The van der Waals surface area contributed by atoms with Gasteiger partial charge in [0.25, 0.3) is 0 Å². The van der Waals surface area contributed by atoms with E-state index in [-0.39, 0.29) is 0 Å². The summed E-state index contributed by atoms with van der Waals surface area (Å²) < 4.78 is 0. The summed E-state index contributed by atoms with van der Waals surface area (Å²) in [4.78, 5) is 1.48. The Morgan fingerprint density at radius 1 is 1.35 bits per heavy atom. The van der Waals surface area contributed by atoms with Crippen molar-refractivity contribution in [2.24, 2.45) is 17.6 Å². The van der Waals surface area contributed by atoms with Crippen LogP contribution in [0.5, 0.6) is 0 Å². The maximum absolute atomic E-state index is 5.91. The minimum Gasteiger partial charge on any atom is -0.330 e. The van der Waals surface area contributed by atoms with Gasteiger partial charge in [-0.3, -0.25) is 0 Å². The van der Waals surface area contributed by atoms with Gasteiger partial charge in [0, 0.05) is 10.6 Å². The summed E-state index contributed by atoms with van der Waals surface area (Å²) >= 11 is 2.01. The van der Waals surface area contributed by atoms with Crippen LogP contribution < -0.4 is 5.73 Å². The zero-order valence-corrected chi connectivity index (χ0v) is 11.7. The van der Waals surface area contributed by atoms with Crippen molar-refractivity contribution in [1.29, 1.82) is 0 Å². The van der Waals surface area contributed by atoms with Crippen molar-refractivity contribution in [3.05, 3.63) is 29.8 Å². The second kappa shape index (κ2) is 5.92. The SMILES string of the molecule is CC(C)CC(CN)CC1CSc2ccccc21. The average molecular weight is 249 g/mol. The fraction of sp³-hybridized carbons (Fsp3) is 0.600. The maximum Gasteiger partial charge on any atom is 0.0107 e. The van der Waals surface area contributed by atoms with Gasteiger partial charge >= 0.3 is 0 Å². The van der Waals surface area contributed by atoms with Crippen molar-refractivity contribution in [3.63, 3.8) is 0 Å². The van der Waals surface area contributed by atoms with Gasteiger partial charge in [0.1, 0.15) is 0 Å². The fourth-order valence-corrected chi connectivity index (χ4v) is 4.05. The van der Waals surface area contributed by atoms with Crippen LogP contribution in [0.25, 0.3) is 0 Å². The third kappa shape index (κ3) is 3.26.